The highest BCUT2D eigenvalue weighted by Crippen LogP contribution is 2.34. The molecule has 1 aliphatic rings. The van der Waals surface area contributed by atoms with Crippen molar-refractivity contribution in [3.05, 3.63) is 53.1 Å². The summed E-state index contributed by atoms with van der Waals surface area (Å²) in [7, 11) is -2.30. The van der Waals surface area contributed by atoms with Crippen LogP contribution < -0.4 is 24.8 Å². The van der Waals surface area contributed by atoms with Crippen LogP contribution in [0.2, 0.25) is 0 Å². The van der Waals surface area contributed by atoms with E-state index in [1.54, 1.807) is 24.4 Å². The highest BCUT2D eigenvalue weighted by Gasteiger charge is 2.23. The molecule has 1 atom stereocenters. The van der Waals surface area contributed by atoms with E-state index >= 15 is 0 Å². The van der Waals surface area contributed by atoms with Gasteiger partial charge in [0.15, 0.2) is 0 Å². The first-order valence-corrected chi connectivity index (χ1v) is 14.4. The second-order valence-electron chi connectivity index (χ2n) is 8.36. The van der Waals surface area contributed by atoms with Crippen molar-refractivity contribution in [2.24, 2.45) is 0 Å². The summed E-state index contributed by atoms with van der Waals surface area (Å²) < 4.78 is 39.8. The number of likely N-dealkylation sites (N-methyl/N-ethyl adjacent to an activating group) is 1. The normalized spacial score (nSPS) is 15.9. The molecular weight excluding hydrogens is 560 g/mol. The average Bonchev–Trinajstić information content (AvgIpc) is 3.35. The lowest BCUT2D eigenvalue weighted by atomic mass is 10.2. The highest BCUT2D eigenvalue weighted by atomic mass is 79.9. The van der Waals surface area contributed by atoms with E-state index < -0.39 is 10.0 Å². The molecule has 0 radical (unpaired) electrons. The maximum atomic E-state index is 12.4. The fourth-order valence-corrected chi connectivity index (χ4v) is 5.18. The maximum absolute atomic E-state index is 12.4. The molecule has 0 spiro atoms. The van der Waals surface area contributed by atoms with Crippen molar-refractivity contribution in [3.63, 3.8) is 0 Å². The summed E-state index contributed by atoms with van der Waals surface area (Å²) in [6.45, 7) is 7.54. The van der Waals surface area contributed by atoms with E-state index in [4.69, 9.17) is 9.47 Å². The number of hydrogen-bond donors (Lipinski definition) is 3. The van der Waals surface area contributed by atoms with Gasteiger partial charge in [0.05, 0.1) is 22.5 Å². The van der Waals surface area contributed by atoms with Gasteiger partial charge >= 0.3 is 0 Å². The summed E-state index contributed by atoms with van der Waals surface area (Å²) >= 11 is 3.44. The van der Waals surface area contributed by atoms with Gasteiger partial charge in [0.25, 0.3) is 0 Å². The molecule has 1 aliphatic heterocycles. The average molecular weight is 592 g/mol. The Morgan fingerprint density at radius 1 is 1.14 bits per heavy atom. The number of benzene rings is 2. The monoisotopic (exact) mass is 590 g/mol. The molecule has 4 rings (SSSR count). The van der Waals surface area contributed by atoms with Gasteiger partial charge in [-0.2, -0.15) is 4.98 Å². The van der Waals surface area contributed by atoms with Crippen molar-refractivity contribution < 1.29 is 17.9 Å². The Bertz CT molecular complexity index is 1340. The first-order chi connectivity index (χ1) is 17.8. The van der Waals surface area contributed by atoms with Gasteiger partial charge in [0.1, 0.15) is 28.3 Å². The van der Waals surface area contributed by atoms with Crippen molar-refractivity contribution >= 4 is 49.1 Å². The summed E-state index contributed by atoms with van der Waals surface area (Å²) in [6.07, 6.45) is 2.75. The molecule has 3 N–H and O–H groups in total. The molecule has 0 saturated carbocycles. The molecule has 1 saturated heterocycles. The van der Waals surface area contributed by atoms with Crippen LogP contribution in [0.4, 0.5) is 23.1 Å². The molecule has 12 heteroatoms. The zero-order valence-corrected chi connectivity index (χ0v) is 23.4. The minimum absolute atomic E-state index is 0.107. The standard InChI is InChI=1S/C25H31BrN6O4S/c1-4-32-13-12-18(16-32)36-17-10-11-20(22(14-17)35-5-2)30-25-28-15-19(26)24(31-25)29-21-8-6-7-9-23(21)37(33,34)27-3/h6-11,14-15,18,27H,4-5,12-13,16H2,1-3H3,(H2,28,29,30,31). The number of rotatable bonds is 11. The number of nitrogens with zero attached hydrogens (tertiary/aromatic N) is 3. The second kappa shape index (κ2) is 12.1. The Balaban J connectivity index is 1.55. The Morgan fingerprint density at radius 2 is 1.95 bits per heavy atom. The molecule has 198 valence electrons. The fraction of sp³-hybridized carbons (Fsp3) is 0.360. The molecule has 2 heterocycles. The third kappa shape index (κ3) is 6.69. The van der Waals surface area contributed by atoms with Gasteiger partial charge in [-0.1, -0.05) is 19.1 Å². The number of sulfonamides is 1. The van der Waals surface area contributed by atoms with E-state index in [-0.39, 0.29) is 11.0 Å². The summed E-state index contributed by atoms with van der Waals surface area (Å²) in [5.74, 6) is 2.08. The van der Waals surface area contributed by atoms with E-state index in [1.165, 1.54) is 13.1 Å². The molecule has 0 bridgehead atoms. The number of anilines is 4. The quantitative estimate of drug-likeness (QED) is 0.296. The summed E-state index contributed by atoms with van der Waals surface area (Å²) in [5.41, 5.74) is 1.06. The Morgan fingerprint density at radius 3 is 2.68 bits per heavy atom. The van der Waals surface area contributed by atoms with Gasteiger partial charge in [-0.15, -0.1) is 0 Å². The van der Waals surface area contributed by atoms with Gasteiger partial charge in [-0.3, -0.25) is 4.90 Å². The van der Waals surface area contributed by atoms with Crippen molar-refractivity contribution in [2.75, 3.05) is 43.9 Å². The zero-order chi connectivity index (χ0) is 26.4. The number of aromatic nitrogens is 2. The van der Waals surface area contributed by atoms with Gasteiger partial charge in [-0.25, -0.2) is 18.1 Å². The molecule has 0 aliphatic carbocycles. The Hall–Kier alpha value is -2.93. The predicted molar refractivity (Wildman–Crippen MR) is 148 cm³/mol. The second-order valence-corrected chi connectivity index (χ2v) is 11.1. The van der Waals surface area contributed by atoms with Gasteiger partial charge in [0, 0.05) is 25.4 Å². The Kier molecular flexibility index (Phi) is 8.85. The molecule has 1 fully saturated rings. The number of para-hydroxylation sites is 1. The number of likely N-dealkylation sites (tertiary alicyclic amines) is 1. The molecule has 1 aromatic heterocycles. The minimum Gasteiger partial charge on any atom is -0.492 e. The van der Waals surface area contributed by atoms with E-state index in [0.717, 1.165) is 31.8 Å². The van der Waals surface area contributed by atoms with Crippen LogP contribution in [-0.2, 0) is 10.0 Å². The molecule has 1 unspecified atom stereocenters. The van der Waals surface area contributed by atoms with Crippen molar-refractivity contribution in [1.29, 1.82) is 0 Å². The van der Waals surface area contributed by atoms with Gasteiger partial charge in [0.2, 0.25) is 16.0 Å². The summed E-state index contributed by atoms with van der Waals surface area (Å²) in [4.78, 5) is 11.4. The fourth-order valence-electron chi connectivity index (χ4n) is 4.00. The molecule has 2 aromatic carbocycles. The topological polar surface area (TPSA) is 118 Å². The van der Waals surface area contributed by atoms with E-state index in [9.17, 15) is 8.42 Å². The summed E-state index contributed by atoms with van der Waals surface area (Å²) in [5, 5.41) is 6.29. The lowest BCUT2D eigenvalue weighted by molar-refractivity contribution is 0.201. The van der Waals surface area contributed by atoms with E-state index in [0.29, 0.717) is 40.0 Å². The van der Waals surface area contributed by atoms with Crippen LogP contribution in [0.25, 0.3) is 0 Å². The van der Waals surface area contributed by atoms with Crippen molar-refractivity contribution in [3.8, 4) is 11.5 Å². The van der Waals surface area contributed by atoms with Crippen LogP contribution in [0, 0.1) is 0 Å². The predicted octanol–water partition coefficient (Wildman–Crippen LogP) is 4.51. The number of ether oxygens (including phenoxy) is 2. The first kappa shape index (κ1) is 27.1. The van der Waals surface area contributed by atoms with Crippen LogP contribution in [0.15, 0.2) is 58.0 Å². The van der Waals surface area contributed by atoms with Crippen LogP contribution in [-0.4, -0.2) is 62.7 Å². The van der Waals surface area contributed by atoms with Gasteiger partial charge < -0.3 is 20.1 Å². The lowest BCUT2D eigenvalue weighted by Gasteiger charge is -2.18. The van der Waals surface area contributed by atoms with Crippen LogP contribution in [0.1, 0.15) is 20.3 Å². The minimum atomic E-state index is -3.67. The lowest BCUT2D eigenvalue weighted by Crippen LogP contribution is -2.24. The van der Waals surface area contributed by atoms with Crippen molar-refractivity contribution in [1.82, 2.24) is 19.6 Å². The van der Waals surface area contributed by atoms with Crippen LogP contribution in [0.5, 0.6) is 11.5 Å². The number of nitrogens with one attached hydrogen (secondary N) is 3. The summed E-state index contributed by atoms with van der Waals surface area (Å²) in [6, 6.07) is 12.2. The van der Waals surface area contributed by atoms with E-state index in [1.807, 2.05) is 25.1 Å². The SMILES string of the molecule is CCOc1cc(OC2CCN(CC)C2)ccc1Nc1ncc(Br)c(Nc2ccccc2S(=O)(=O)NC)n1. The van der Waals surface area contributed by atoms with Gasteiger partial charge in [-0.05, 0) is 67.1 Å². The molecule has 3 aromatic rings. The van der Waals surface area contributed by atoms with Crippen LogP contribution >= 0.6 is 15.9 Å². The number of hydrogen-bond acceptors (Lipinski definition) is 9. The largest absolute Gasteiger partial charge is 0.492 e. The Labute approximate surface area is 226 Å². The maximum Gasteiger partial charge on any atom is 0.242 e. The third-order valence-corrected chi connectivity index (χ3v) is 7.97. The molecule has 37 heavy (non-hydrogen) atoms. The molecule has 10 nitrogen and oxygen atoms in total. The smallest absolute Gasteiger partial charge is 0.242 e. The van der Waals surface area contributed by atoms with Crippen molar-refractivity contribution in [2.45, 2.75) is 31.3 Å². The van der Waals surface area contributed by atoms with Crippen LogP contribution in [0.3, 0.4) is 0 Å². The zero-order valence-electron chi connectivity index (χ0n) is 21.0. The van der Waals surface area contributed by atoms with E-state index in [2.05, 4.69) is 53.1 Å². The molecule has 0 amide bonds. The molecular formula is C25H31BrN6O4S. The highest BCUT2D eigenvalue weighted by molar-refractivity contribution is 9.10. The first-order valence-electron chi connectivity index (χ1n) is 12.1. The number of halogens is 1. The third-order valence-electron chi connectivity index (χ3n) is 5.92.